The normalized spacial score (nSPS) is 16.9. The van der Waals surface area contributed by atoms with Crippen molar-refractivity contribution >= 4 is 5.96 Å². The molecular formula is C20H39N7O. The average molecular weight is 394 g/mol. The summed E-state index contributed by atoms with van der Waals surface area (Å²) >= 11 is 0. The quantitative estimate of drug-likeness (QED) is 0.320. The number of guanidine groups is 1. The Morgan fingerprint density at radius 1 is 1.25 bits per heavy atom. The average Bonchev–Trinajstić information content (AvgIpc) is 3.16. The Bertz CT molecular complexity index is 555. The predicted molar refractivity (Wildman–Crippen MR) is 114 cm³/mol. The molecule has 2 heterocycles. The highest BCUT2D eigenvalue weighted by molar-refractivity contribution is 5.80. The van der Waals surface area contributed by atoms with E-state index in [2.05, 4.69) is 51.1 Å². The van der Waals surface area contributed by atoms with E-state index >= 15 is 0 Å². The van der Waals surface area contributed by atoms with E-state index in [9.17, 15) is 0 Å². The summed E-state index contributed by atoms with van der Waals surface area (Å²) in [4.78, 5) is 7.24. The van der Waals surface area contributed by atoms with E-state index in [4.69, 9.17) is 9.73 Å². The van der Waals surface area contributed by atoms with Gasteiger partial charge in [-0.25, -0.2) is 0 Å². The molecule has 160 valence electrons. The van der Waals surface area contributed by atoms with Crippen LogP contribution in [0.5, 0.6) is 0 Å². The van der Waals surface area contributed by atoms with Gasteiger partial charge < -0.3 is 19.9 Å². The highest BCUT2D eigenvalue weighted by atomic mass is 16.5. The topological polar surface area (TPSA) is 79.6 Å². The van der Waals surface area contributed by atoms with Crippen LogP contribution >= 0.6 is 0 Å². The van der Waals surface area contributed by atoms with Gasteiger partial charge in [0.2, 0.25) is 0 Å². The molecule has 1 saturated heterocycles. The Balaban J connectivity index is 1.81. The minimum absolute atomic E-state index is 0.419. The van der Waals surface area contributed by atoms with E-state index in [-0.39, 0.29) is 0 Å². The van der Waals surface area contributed by atoms with Crippen molar-refractivity contribution in [3.63, 3.8) is 0 Å². The summed E-state index contributed by atoms with van der Waals surface area (Å²) in [7, 11) is 0. The van der Waals surface area contributed by atoms with Gasteiger partial charge in [0, 0.05) is 45.2 Å². The van der Waals surface area contributed by atoms with Crippen LogP contribution in [0, 0.1) is 0 Å². The molecule has 1 aromatic rings. The van der Waals surface area contributed by atoms with Gasteiger partial charge in [-0.05, 0) is 13.3 Å². The van der Waals surface area contributed by atoms with Crippen LogP contribution in [-0.2, 0) is 17.7 Å². The molecule has 8 heteroatoms. The van der Waals surface area contributed by atoms with E-state index in [1.807, 2.05) is 0 Å². The lowest BCUT2D eigenvalue weighted by atomic mass is 10.1. The maximum atomic E-state index is 5.42. The minimum atomic E-state index is 0.419. The Labute approximate surface area is 170 Å². The van der Waals surface area contributed by atoms with Gasteiger partial charge in [0.15, 0.2) is 5.96 Å². The Morgan fingerprint density at radius 2 is 2.07 bits per heavy atom. The molecule has 0 spiro atoms. The first-order valence-electron chi connectivity index (χ1n) is 10.9. The van der Waals surface area contributed by atoms with Crippen LogP contribution in [-0.4, -0.2) is 77.6 Å². The summed E-state index contributed by atoms with van der Waals surface area (Å²) in [6, 6.07) is 0.419. The van der Waals surface area contributed by atoms with Gasteiger partial charge >= 0.3 is 0 Å². The molecule has 28 heavy (non-hydrogen) atoms. The van der Waals surface area contributed by atoms with Gasteiger partial charge in [0.25, 0.3) is 0 Å². The number of nitrogens with one attached hydrogen (secondary N) is 2. The van der Waals surface area contributed by atoms with Crippen molar-refractivity contribution in [1.29, 1.82) is 0 Å². The van der Waals surface area contributed by atoms with Gasteiger partial charge in [0.1, 0.15) is 12.2 Å². The number of ether oxygens (including phenoxy) is 1. The summed E-state index contributed by atoms with van der Waals surface area (Å²) in [5.74, 6) is 1.93. The molecule has 0 saturated carbocycles. The lowest BCUT2D eigenvalue weighted by Crippen LogP contribution is -2.44. The minimum Gasteiger partial charge on any atom is -0.379 e. The summed E-state index contributed by atoms with van der Waals surface area (Å²) < 4.78 is 7.52. The van der Waals surface area contributed by atoms with Crippen LogP contribution in [0.4, 0.5) is 0 Å². The molecule has 0 bridgehead atoms. The lowest BCUT2D eigenvalue weighted by molar-refractivity contribution is 0.0394. The van der Waals surface area contributed by atoms with Crippen molar-refractivity contribution < 1.29 is 4.74 Å². The fourth-order valence-corrected chi connectivity index (χ4v) is 3.32. The van der Waals surface area contributed by atoms with Crippen molar-refractivity contribution in [3.05, 3.63) is 12.2 Å². The van der Waals surface area contributed by atoms with Crippen LogP contribution in [0.15, 0.2) is 11.3 Å². The largest absolute Gasteiger partial charge is 0.379 e. The number of aromatic nitrogens is 3. The van der Waals surface area contributed by atoms with Gasteiger partial charge in [-0.2, -0.15) is 0 Å². The number of hydrogen-bond acceptors (Lipinski definition) is 5. The highest BCUT2D eigenvalue weighted by Gasteiger charge is 2.10. The molecular weight excluding hydrogens is 354 g/mol. The van der Waals surface area contributed by atoms with Crippen molar-refractivity contribution in [2.24, 2.45) is 4.99 Å². The summed E-state index contributed by atoms with van der Waals surface area (Å²) in [5, 5.41) is 15.2. The highest BCUT2D eigenvalue weighted by Crippen LogP contribution is 2.03. The van der Waals surface area contributed by atoms with Crippen LogP contribution < -0.4 is 10.6 Å². The first-order chi connectivity index (χ1) is 13.7. The summed E-state index contributed by atoms with van der Waals surface area (Å²) in [6.07, 6.45) is 7.67. The van der Waals surface area contributed by atoms with Crippen molar-refractivity contribution in [3.8, 4) is 0 Å². The second kappa shape index (κ2) is 13.5. The van der Waals surface area contributed by atoms with Crippen molar-refractivity contribution in [2.75, 3.05) is 45.9 Å². The molecule has 1 aromatic heterocycles. The molecule has 0 aliphatic carbocycles. The Morgan fingerprint density at radius 3 is 2.82 bits per heavy atom. The number of hydrogen-bond donors (Lipinski definition) is 2. The number of aryl methyl sites for hydroxylation is 1. The summed E-state index contributed by atoms with van der Waals surface area (Å²) in [5.41, 5.74) is 0. The number of aliphatic imine (C=N–C) groups is 1. The van der Waals surface area contributed by atoms with Crippen molar-refractivity contribution in [2.45, 2.75) is 65.5 Å². The maximum absolute atomic E-state index is 5.42. The van der Waals surface area contributed by atoms with E-state index in [0.717, 1.165) is 70.7 Å². The monoisotopic (exact) mass is 393 g/mol. The third kappa shape index (κ3) is 8.56. The SMILES string of the molecule is CCCCCC(C)NC(=NCCN1CCOCC1)NCCn1cnnc1CC. The second-order valence-corrected chi connectivity index (χ2v) is 7.45. The lowest BCUT2D eigenvalue weighted by Gasteiger charge is -2.26. The number of rotatable bonds is 12. The zero-order valence-corrected chi connectivity index (χ0v) is 18.0. The first-order valence-corrected chi connectivity index (χ1v) is 10.9. The van der Waals surface area contributed by atoms with Gasteiger partial charge in [0.05, 0.1) is 19.8 Å². The van der Waals surface area contributed by atoms with Gasteiger partial charge in [-0.15, -0.1) is 10.2 Å². The predicted octanol–water partition coefficient (Wildman–Crippen LogP) is 1.68. The van der Waals surface area contributed by atoms with E-state index in [1.54, 1.807) is 6.33 Å². The van der Waals surface area contributed by atoms with E-state index < -0.39 is 0 Å². The fraction of sp³-hybridized carbons (Fsp3) is 0.850. The molecule has 0 aromatic carbocycles. The number of nitrogens with zero attached hydrogens (tertiary/aromatic N) is 5. The number of morpholine rings is 1. The van der Waals surface area contributed by atoms with E-state index in [1.165, 1.54) is 25.7 Å². The van der Waals surface area contributed by atoms with E-state index in [0.29, 0.717) is 6.04 Å². The molecule has 1 unspecified atom stereocenters. The smallest absolute Gasteiger partial charge is 0.191 e. The molecule has 1 aliphatic rings. The van der Waals surface area contributed by atoms with Crippen molar-refractivity contribution in [1.82, 2.24) is 30.3 Å². The van der Waals surface area contributed by atoms with Crippen LogP contribution in [0.3, 0.4) is 0 Å². The molecule has 1 atom stereocenters. The maximum Gasteiger partial charge on any atom is 0.191 e. The van der Waals surface area contributed by atoms with Crippen LogP contribution in [0.1, 0.15) is 52.3 Å². The van der Waals surface area contributed by atoms with Gasteiger partial charge in [-0.3, -0.25) is 9.89 Å². The van der Waals surface area contributed by atoms with Crippen LogP contribution in [0.25, 0.3) is 0 Å². The van der Waals surface area contributed by atoms with Gasteiger partial charge in [-0.1, -0.05) is 33.1 Å². The Kier molecular flexibility index (Phi) is 10.9. The third-order valence-corrected chi connectivity index (χ3v) is 5.07. The molecule has 2 rings (SSSR count). The molecule has 2 N–H and O–H groups in total. The molecule has 0 radical (unpaired) electrons. The number of unbranched alkanes of at least 4 members (excludes halogenated alkanes) is 2. The molecule has 8 nitrogen and oxygen atoms in total. The molecule has 1 fully saturated rings. The molecule has 1 aliphatic heterocycles. The first kappa shape index (κ1) is 22.6. The summed E-state index contributed by atoms with van der Waals surface area (Å²) in [6.45, 7) is 13.7. The standard InChI is InChI=1S/C20H39N7O/c1-4-6-7-8-18(3)24-20(21-9-11-26-13-15-28-16-14-26)22-10-12-27-17-23-25-19(27)5-2/h17-18H,4-16H2,1-3H3,(H2,21,22,24). The Hall–Kier alpha value is -1.67. The fourth-order valence-electron chi connectivity index (χ4n) is 3.32. The zero-order valence-electron chi connectivity index (χ0n) is 18.0. The molecule has 0 amide bonds. The zero-order chi connectivity index (χ0) is 20.0. The van der Waals surface area contributed by atoms with Crippen LogP contribution in [0.2, 0.25) is 0 Å². The third-order valence-electron chi connectivity index (χ3n) is 5.07. The second-order valence-electron chi connectivity index (χ2n) is 7.45.